The molecule has 6 unspecified atom stereocenters. The maximum absolute atomic E-state index is 13.2. The summed E-state index contributed by atoms with van der Waals surface area (Å²) in [6.45, 7) is 7.53. The second kappa shape index (κ2) is 8.27. The van der Waals surface area contributed by atoms with E-state index in [0.717, 1.165) is 51.4 Å². The molecule has 6 atom stereocenters. The standard InChI is InChI=1S/C18H32ClN9O/c19-11-7-23-17-15(16(20)25-28(17)9-11)18(29)24-12-8-21-2-1-13(12)27-6-5-26-4-3-22-14(26)10-27/h8,11,13-17,21-23,25H,1-7,9-10,20H2,(H,24,29). The Balaban J connectivity index is 1.26. The summed E-state index contributed by atoms with van der Waals surface area (Å²) in [4.78, 5) is 18.2. The zero-order chi connectivity index (χ0) is 20.0. The molecule has 0 radical (unpaired) electrons. The van der Waals surface area contributed by atoms with Crippen LogP contribution in [0.2, 0.25) is 0 Å². The molecular weight excluding hydrogens is 394 g/mol. The van der Waals surface area contributed by atoms with Crippen LogP contribution in [0, 0.1) is 5.92 Å². The molecule has 11 heteroatoms. The van der Waals surface area contributed by atoms with Crippen LogP contribution in [0.15, 0.2) is 11.9 Å². The van der Waals surface area contributed by atoms with Crippen LogP contribution in [0.5, 0.6) is 0 Å². The Morgan fingerprint density at radius 3 is 2.93 bits per heavy atom. The highest BCUT2D eigenvalue weighted by atomic mass is 35.5. The van der Waals surface area contributed by atoms with Crippen LogP contribution >= 0.6 is 11.6 Å². The van der Waals surface area contributed by atoms with Crippen molar-refractivity contribution in [2.24, 2.45) is 11.7 Å². The van der Waals surface area contributed by atoms with Crippen LogP contribution in [0.3, 0.4) is 0 Å². The summed E-state index contributed by atoms with van der Waals surface area (Å²) in [6, 6.07) is 0.220. The van der Waals surface area contributed by atoms with E-state index >= 15 is 0 Å². The van der Waals surface area contributed by atoms with Gasteiger partial charge in [-0.25, -0.2) is 10.4 Å². The smallest absolute Gasteiger partial charge is 0.233 e. The molecule has 1 amide bonds. The van der Waals surface area contributed by atoms with Crippen molar-refractivity contribution >= 4 is 17.5 Å². The highest BCUT2D eigenvalue weighted by Gasteiger charge is 2.47. The predicted molar refractivity (Wildman–Crippen MR) is 110 cm³/mol. The van der Waals surface area contributed by atoms with E-state index in [-0.39, 0.29) is 29.4 Å². The number of hydrazine groups is 1. The van der Waals surface area contributed by atoms with Crippen molar-refractivity contribution in [1.82, 2.24) is 41.5 Å². The number of hydrogen-bond donors (Lipinski definition) is 6. The number of carbonyl (C=O) groups is 1. The fourth-order valence-electron chi connectivity index (χ4n) is 5.32. The Kier molecular flexibility index (Phi) is 5.69. The van der Waals surface area contributed by atoms with E-state index in [1.165, 1.54) is 0 Å². The quantitative estimate of drug-likeness (QED) is 0.265. The largest absolute Gasteiger partial charge is 0.389 e. The molecule has 4 saturated heterocycles. The van der Waals surface area contributed by atoms with E-state index in [1.807, 2.05) is 11.2 Å². The minimum absolute atomic E-state index is 0.00487. The number of halogens is 1. The molecule has 0 aliphatic carbocycles. The molecule has 5 rings (SSSR count). The first-order valence-corrected chi connectivity index (χ1v) is 11.2. The summed E-state index contributed by atoms with van der Waals surface area (Å²) in [5, 5.41) is 15.4. The minimum atomic E-state index is -0.434. The molecule has 162 valence electrons. The molecule has 5 aliphatic heterocycles. The average molecular weight is 426 g/mol. The molecule has 5 aliphatic rings. The molecule has 0 bridgehead atoms. The van der Waals surface area contributed by atoms with Gasteiger partial charge in [0.25, 0.3) is 0 Å². The Labute approximate surface area is 176 Å². The molecule has 4 fully saturated rings. The van der Waals surface area contributed by atoms with Crippen LogP contribution in [-0.2, 0) is 4.79 Å². The highest BCUT2D eigenvalue weighted by molar-refractivity contribution is 6.21. The van der Waals surface area contributed by atoms with Crippen LogP contribution in [0.25, 0.3) is 0 Å². The molecule has 0 saturated carbocycles. The Morgan fingerprint density at radius 2 is 2.03 bits per heavy atom. The van der Waals surface area contributed by atoms with Crippen molar-refractivity contribution in [2.75, 3.05) is 52.4 Å². The third-order valence-electron chi connectivity index (χ3n) is 6.81. The van der Waals surface area contributed by atoms with Gasteiger partial charge in [-0.1, -0.05) is 0 Å². The van der Waals surface area contributed by atoms with E-state index in [1.54, 1.807) is 0 Å². The minimum Gasteiger partial charge on any atom is -0.389 e. The first-order chi connectivity index (χ1) is 14.1. The summed E-state index contributed by atoms with van der Waals surface area (Å²) in [6.07, 6.45) is 2.80. The van der Waals surface area contributed by atoms with E-state index in [4.69, 9.17) is 17.3 Å². The topological polar surface area (TPSA) is 113 Å². The first kappa shape index (κ1) is 20.0. The Morgan fingerprint density at radius 1 is 1.17 bits per heavy atom. The van der Waals surface area contributed by atoms with Crippen LogP contribution in [0.1, 0.15) is 6.42 Å². The van der Waals surface area contributed by atoms with E-state index in [2.05, 4.69) is 36.5 Å². The van der Waals surface area contributed by atoms with Gasteiger partial charge < -0.3 is 16.4 Å². The maximum atomic E-state index is 13.2. The van der Waals surface area contributed by atoms with Gasteiger partial charge in [-0.3, -0.25) is 25.2 Å². The number of rotatable bonds is 3. The summed E-state index contributed by atoms with van der Waals surface area (Å²) in [5.74, 6) is -0.424. The molecule has 7 N–H and O–H groups in total. The summed E-state index contributed by atoms with van der Waals surface area (Å²) in [5.41, 5.74) is 10.4. The summed E-state index contributed by atoms with van der Waals surface area (Å²) < 4.78 is 0. The van der Waals surface area contributed by atoms with Crippen molar-refractivity contribution in [2.45, 2.75) is 36.3 Å². The molecule has 0 aromatic carbocycles. The second-order valence-corrected chi connectivity index (χ2v) is 9.25. The second-order valence-electron chi connectivity index (χ2n) is 8.63. The maximum Gasteiger partial charge on any atom is 0.233 e. The van der Waals surface area contributed by atoms with Crippen molar-refractivity contribution in [3.05, 3.63) is 11.9 Å². The molecule has 0 aromatic heterocycles. The summed E-state index contributed by atoms with van der Waals surface area (Å²) in [7, 11) is 0. The van der Waals surface area contributed by atoms with E-state index in [0.29, 0.717) is 19.3 Å². The van der Waals surface area contributed by atoms with Gasteiger partial charge in [0.05, 0.1) is 41.5 Å². The van der Waals surface area contributed by atoms with Gasteiger partial charge in [0.15, 0.2) is 0 Å². The number of alkyl halides is 1. The number of nitrogens with two attached hydrogens (primary N) is 1. The first-order valence-electron chi connectivity index (χ1n) is 10.7. The van der Waals surface area contributed by atoms with Gasteiger partial charge in [-0.2, -0.15) is 0 Å². The zero-order valence-electron chi connectivity index (χ0n) is 16.6. The highest BCUT2D eigenvalue weighted by Crippen LogP contribution is 2.25. The van der Waals surface area contributed by atoms with Crippen molar-refractivity contribution in [3.8, 4) is 0 Å². The van der Waals surface area contributed by atoms with E-state index < -0.39 is 6.17 Å². The van der Waals surface area contributed by atoms with Crippen LogP contribution < -0.4 is 32.4 Å². The van der Waals surface area contributed by atoms with Gasteiger partial charge >= 0.3 is 0 Å². The zero-order valence-corrected chi connectivity index (χ0v) is 17.4. The monoisotopic (exact) mass is 425 g/mol. The SMILES string of the molecule is NC1NN2CC(Cl)CNC2C1C(=O)NC1=CNCCC1N1CCN2CCNC2C1. The lowest BCUT2D eigenvalue weighted by Crippen LogP contribution is -2.60. The summed E-state index contributed by atoms with van der Waals surface area (Å²) >= 11 is 6.24. The van der Waals surface area contributed by atoms with Crippen molar-refractivity contribution in [3.63, 3.8) is 0 Å². The van der Waals surface area contributed by atoms with Gasteiger partial charge in [-0.15, -0.1) is 11.6 Å². The number of piperazine rings is 1. The number of amides is 1. The number of nitrogens with zero attached hydrogens (tertiary/aromatic N) is 3. The molecule has 5 heterocycles. The van der Waals surface area contributed by atoms with Crippen LogP contribution in [0.4, 0.5) is 0 Å². The van der Waals surface area contributed by atoms with Crippen molar-refractivity contribution in [1.29, 1.82) is 0 Å². The van der Waals surface area contributed by atoms with Gasteiger partial charge in [0, 0.05) is 58.6 Å². The molecule has 29 heavy (non-hydrogen) atoms. The third-order valence-corrected chi connectivity index (χ3v) is 7.10. The van der Waals surface area contributed by atoms with E-state index in [9.17, 15) is 4.79 Å². The fourth-order valence-corrected chi connectivity index (χ4v) is 5.56. The van der Waals surface area contributed by atoms with Gasteiger partial charge in [-0.05, 0) is 6.42 Å². The number of hydrogen-bond acceptors (Lipinski definition) is 9. The molecule has 0 spiro atoms. The fraction of sp³-hybridized carbons (Fsp3) is 0.833. The average Bonchev–Trinajstić information content (AvgIpc) is 3.30. The lowest BCUT2D eigenvalue weighted by Gasteiger charge is -2.43. The Bertz CT molecular complexity index is 663. The van der Waals surface area contributed by atoms with Gasteiger partial charge in [0.2, 0.25) is 5.91 Å². The Hall–Kier alpha value is -0.980. The van der Waals surface area contributed by atoms with Gasteiger partial charge in [0.1, 0.15) is 0 Å². The van der Waals surface area contributed by atoms with Crippen LogP contribution in [-0.4, -0.2) is 103 Å². The number of nitrogens with one attached hydrogen (secondary N) is 5. The molecular formula is C18H32ClN9O. The molecule has 0 aromatic rings. The lowest BCUT2D eigenvalue weighted by atomic mass is 9.99. The number of carbonyl (C=O) groups excluding carboxylic acids is 1. The number of fused-ring (bicyclic) bond motifs is 2. The third kappa shape index (κ3) is 3.88. The van der Waals surface area contributed by atoms with Crippen molar-refractivity contribution < 1.29 is 4.79 Å². The predicted octanol–water partition coefficient (Wildman–Crippen LogP) is -2.89. The lowest BCUT2D eigenvalue weighted by molar-refractivity contribution is -0.126. The molecule has 10 nitrogen and oxygen atoms in total. The normalized spacial score (nSPS) is 41.4.